The van der Waals surface area contributed by atoms with Crippen LogP contribution in [0.15, 0.2) is 24.3 Å². The number of piperidine rings is 2. The van der Waals surface area contributed by atoms with Gasteiger partial charge in [-0.25, -0.2) is 0 Å². The molecular weight excluding hydrogens is 418 g/mol. The van der Waals surface area contributed by atoms with Crippen LogP contribution in [-0.4, -0.2) is 81.2 Å². The van der Waals surface area contributed by atoms with E-state index in [0.29, 0.717) is 37.4 Å². The van der Waals surface area contributed by atoms with E-state index in [-0.39, 0.29) is 24.2 Å². The molecule has 0 N–H and O–H groups in total. The topological polar surface area (TPSA) is 62.3 Å². The Morgan fingerprint density at radius 2 is 1.94 bits per heavy atom. The number of hydrogen-bond acceptors (Lipinski definition) is 5. The number of benzene rings is 1. The third-order valence-electron chi connectivity index (χ3n) is 7.62. The van der Waals surface area contributed by atoms with Crippen molar-refractivity contribution in [1.29, 1.82) is 0 Å². The lowest BCUT2D eigenvalue weighted by molar-refractivity contribution is -0.137. The quantitative estimate of drug-likeness (QED) is 0.533. The van der Waals surface area contributed by atoms with Gasteiger partial charge in [-0.2, -0.15) is 0 Å². The molecule has 7 heteroatoms. The molecule has 182 valence electrons. The van der Waals surface area contributed by atoms with Gasteiger partial charge in [-0.3, -0.25) is 9.59 Å². The Labute approximate surface area is 198 Å². The third-order valence-corrected chi connectivity index (χ3v) is 7.62. The van der Waals surface area contributed by atoms with E-state index in [9.17, 15) is 9.59 Å². The first-order valence-electron chi connectivity index (χ1n) is 12.6. The molecule has 0 radical (unpaired) electrons. The monoisotopic (exact) mass is 457 g/mol. The molecule has 0 aromatic heterocycles. The number of amides is 2. The summed E-state index contributed by atoms with van der Waals surface area (Å²) < 4.78 is 10.7. The fourth-order valence-corrected chi connectivity index (χ4v) is 5.98. The molecule has 3 unspecified atom stereocenters. The van der Waals surface area contributed by atoms with Gasteiger partial charge in [0, 0.05) is 45.8 Å². The van der Waals surface area contributed by atoms with Crippen molar-refractivity contribution in [1.82, 2.24) is 9.80 Å². The molecule has 7 nitrogen and oxygen atoms in total. The second-order valence-electron chi connectivity index (χ2n) is 9.71. The SMILES string of the molecule is COCCCN(CC1CCCN2CCCCC12)C(=O)C1CC(=O)N(c2ccccc2OC)C1. The highest BCUT2D eigenvalue weighted by Gasteiger charge is 2.40. The molecule has 3 aliphatic rings. The van der Waals surface area contributed by atoms with Crippen molar-refractivity contribution >= 4 is 17.5 Å². The molecule has 3 fully saturated rings. The van der Waals surface area contributed by atoms with Crippen LogP contribution in [-0.2, 0) is 14.3 Å². The van der Waals surface area contributed by atoms with Crippen LogP contribution in [0.4, 0.5) is 5.69 Å². The van der Waals surface area contributed by atoms with Crippen LogP contribution in [0.5, 0.6) is 5.75 Å². The van der Waals surface area contributed by atoms with E-state index in [0.717, 1.165) is 18.7 Å². The molecule has 0 saturated carbocycles. The van der Waals surface area contributed by atoms with E-state index < -0.39 is 0 Å². The number of hydrogen-bond donors (Lipinski definition) is 0. The summed E-state index contributed by atoms with van der Waals surface area (Å²) in [4.78, 5) is 33.0. The molecule has 1 aromatic carbocycles. The highest BCUT2D eigenvalue weighted by Crippen LogP contribution is 2.35. The van der Waals surface area contributed by atoms with Gasteiger partial charge in [-0.15, -0.1) is 0 Å². The maximum absolute atomic E-state index is 13.7. The van der Waals surface area contributed by atoms with Crippen molar-refractivity contribution in [3.8, 4) is 5.75 Å². The van der Waals surface area contributed by atoms with Crippen LogP contribution >= 0.6 is 0 Å². The first kappa shape index (κ1) is 24.0. The Kier molecular flexibility index (Phi) is 8.25. The zero-order valence-electron chi connectivity index (χ0n) is 20.2. The van der Waals surface area contributed by atoms with E-state index in [1.54, 1.807) is 19.1 Å². The second-order valence-corrected chi connectivity index (χ2v) is 9.71. The molecule has 0 spiro atoms. The lowest BCUT2D eigenvalue weighted by Gasteiger charge is -2.46. The van der Waals surface area contributed by atoms with Crippen LogP contribution in [0.1, 0.15) is 44.9 Å². The van der Waals surface area contributed by atoms with E-state index >= 15 is 0 Å². The van der Waals surface area contributed by atoms with Crippen LogP contribution in [0.25, 0.3) is 0 Å². The number of anilines is 1. The Bertz CT molecular complexity index is 814. The Morgan fingerprint density at radius 3 is 2.76 bits per heavy atom. The van der Waals surface area contributed by atoms with Gasteiger partial charge in [-0.05, 0) is 63.2 Å². The van der Waals surface area contributed by atoms with E-state index in [4.69, 9.17) is 9.47 Å². The summed E-state index contributed by atoms with van der Waals surface area (Å²) in [5.74, 6) is 0.982. The summed E-state index contributed by atoms with van der Waals surface area (Å²) in [5.41, 5.74) is 0.747. The summed E-state index contributed by atoms with van der Waals surface area (Å²) in [5, 5.41) is 0. The van der Waals surface area contributed by atoms with Crippen molar-refractivity contribution in [2.24, 2.45) is 11.8 Å². The van der Waals surface area contributed by atoms with Crippen molar-refractivity contribution in [2.45, 2.75) is 51.0 Å². The first-order valence-corrected chi connectivity index (χ1v) is 12.6. The number of fused-ring (bicyclic) bond motifs is 1. The number of para-hydroxylation sites is 2. The summed E-state index contributed by atoms with van der Waals surface area (Å²) >= 11 is 0. The van der Waals surface area contributed by atoms with Gasteiger partial charge >= 0.3 is 0 Å². The van der Waals surface area contributed by atoms with Gasteiger partial charge in [0.1, 0.15) is 5.75 Å². The average Bonchev–Trinajstić information content (AvgIpc) is 3.24. The van der Waals surface area contributed by atoms with Crippen LogP contribution in [0.2, 0.25) is 0 Å². The van der Waals surface area contributed by atoms with Crippen LogP contribution in [0.3, 0.4) is 0 Å². The Morgan fingerprint density at radius 1 is 1.12 bits per heavy atom. The zero-order valence-corrected chi connectivity index (χ0v) is 20.2. The second kappa shape index (κ2) is 11.3. The maximum atomic E-state index is 13.7. The predicted octanol–water partition coefficient (Wildman–Crippen LogP) is 3.18. The number of rotatable bonds is 9. The van der Waals surface area contributed by atoms with Gasteiger partial charge in [0.2, 0.25) is 11.8 Å². The summed E-state index contributed by atoms with van der Waals surface area (Å²) in [6.45, 7) is 4.94. The zero-order chi connectivity index (χ0) is 23.2. The molecule has 0 aliphatic carbocycles. The highest BCUT2D eigenvalue weighted by molar-refractivity contribution is 6.01. The Balaban J connectivity index is 1.46. The van der Waals surface area contributed by atoms with Gasteiger partial charge in [-0.1, -0.05) is 18.6 Å². The highest BCUT2D eigenvalue weighted by atomic mass is 16.5. The normalized spacial score (nSPS) is 25.7. The van der Waals surface area contributed by atoms with E-state index in [1.165, 1.54) is 45.2 Å². The first-order chi connectivity index (χ1) is 16.1. The van der Waals surface area contributed by atoms with Gasteiger partial charge in [0.15, 0.2) is 0 Å². The fourth-order valence-electron chi connectivity index (χ4n) is 5.98. The Hall–Kier alpha value is -2.12. The standard InChI is InChI=1S/C26H39N3O4/c1-32-16-8-15-28(18-20-9-7-14-27-13-6-5-10-22(20)27)26(31)21-17-25(30)29(19-21)23-11-3-4-12-24(23)33-2/h3-4,11-12,20-22H,5-10,13-19H2,1-2H3. The van der Waals surface area contributed by atoms with E-state index in [2.05, 4.69) is 4.90 Å². The molecule has 3 heterocycles. The summed E-state index contributed by atoms with van der Waals surface area (Å²) in [6, 6.07) is 8.13. The minimum absolute atomic E-state index is 0.00851. The molecule has 3 aliphatic heterocycles. The van der Waals surface area contributed by atoms with Crippen LogP contribution < -0.4 is 9.64 Å². The molecule has 33 heavy (non-hydrogen) atoms. The number of ether oxygens (including phenoxy) is 2. The molecule has 4 rings (SSSR count). The number of carbonyl (C=O) groups is 2. The molecule has 3 atom stereocenters. The lowest BCUT2D eigenvalue weighted by atomic mass is 9.83. The minimum atomic E-state index is -0.309. The lowest BCUT2D eigenvalue weighted by Crippen LogP contribution is -2.52. The fraction of sp³-hybridized carbons (Fsp3) is 0.692. The maximum Gasteiger partial charge on any atom is 0.228 e. The number of nitrogens with zero attached hydrogens (tertiary/aromatic N) is 3. The van der Waals surface area contributed by atoms with Crippen LogP contribution in [0, 0.1) is 11.8 Å². The third kappa shape index (κ3) is 5.52. The summed E-state index contributed by atoms with van der Waals surface area (Å²) in [7, 11) is 3.31. The van der Waals surface area contributed by atoms with Gasteiger partial charge in [0.05, 0.1) is 18.7 Å². The predicted molar refractivity (Wildman–Crippen MR) is 128 cm³/mol. The number of methoxy groups -OCH3 is 2. The van der Waals surface area contributed by atoms with Crippen molar-refractivity contribution in [3.63, 3.8) is 0 Å². The van der Waals surface area contributed by atoms with Crippen molar-refractivity contribution in [3.05, 3.63) is 24.3 Å². The largest absolute Gasteiger partial charge is 0.495 e. The molecule has 3 saturated heterocycles. The summed E-state index contributed by atoms with van der Waals surface area (Å²) in [6.07, 6.45) is 7.31. The number of carbonyl (C=O) groups excluding carboxylic acids is 2. The average molecular weight is 458 g/mol. The smallest absolute Gasteiger partial charge is 0.228 e. The van der Waals surface area contributed by atoms with Crippen molar-refractivity contribution < 1.29 is 19.1 Å². The van der Waals surface area contributed by atoms with E-state index in [1.807, 2.05) is 29.2 Å². The van der Waals surface area contributed by atoms with Crippen molar-refractivity contribution in [2.75, 3.05) is 58.5 Å². The van der Waals surface area contributed by atoms with Gasteiger partial charge < -0.3 is 24.2 Å². The minimum Gasteiger partial charge on any atom is -0.495 e. The molecule has 1 aromatic rings. The molecule has 2 amide bonds. The molecular formula is C26H39N3O4. The van der Waals surface area contributed by atoms with Gasteiger partial charge in [0.25, 0.3) is 0 Å². The molecule has 0 bridgehead atoms.